The maximum absolute atomic E-state index is 12.9. The minimum absolute atomic E-state index is 0.0321. The van der Waals surface area contributed by atoms with Crippen molar-refractivity contribution in [2.24, 2.45) is 11.8 Å². The molecule has 1 aromatic heterocycles. The van der Waals surface area contributed by atoms with Crippen LogP contribution in [0, 0.1) is 18.8 Å². The highest BCUT2D eigenvalue weighted by atomic mass is 16.5. The minimum Gasteiger partial charge on any atom is -0.497 e. The van der Waals surface area contributed by atoms with Crippen molar-refractivity contribution in [2.45, 2.75) is 19.9 Å². The second-order valence-corrected chi connectivity index (χ2v) is 7.57. The van der Waals surface area contributed by atoms with Crippen molar-refractivity contribution in [1.29, 1.82) is 0 Å². The van der Waals surface area contributed by atoms with Gasteiger partial charge in [0, 0.05) is 44.6 Å². The van der Waals surface area contributed by atoms with Gasteiger partial charge >= 0.3 is 0 Å². The number of benzene rings is 1. The molecule has 28 heavy (non-hydrogen) atoms. The van der Waals surface area contributed by atoms with E-state index in [-0.39, 0.29) is 29.7 Å². The average molecular weight is 380 g/mol. The molecule has 0 unspecified atom stereocenters. The fourth-order valence-corrected chi connectivity index (χ4v) is 4.43. The smallest absolute Gasteiger partial charge is 0.274 e. The normalized spacial score (nSPS) is 23.6. The molecular weight excluding hydrogens is 356 g/mol. The van der Waals surface area contributed by atoms with Crippen LogP contribution in [-0.4, -0.2) is 58.3 Å². The quantitative estimate of drug-likeness (QED) is 0.815. The van der Waals surface area contributed by atoms with Crippen LogP contribution < -0.4 is 4.74 Å². The number of carbonyl (C=O) groups is 2. The number of aryl methyl sites for hydroxylation is 1. The second kappa shape index (κ2) is 7.22. The van der Waals surface area contributed by atoms with Gasteiger partial charge in [-0.05, 0) is 24.6 Å². The molecule has 146 valence electrons. The van der Waals surface area contributed by atoms with Crippen LogP contribution in [0.2, 0.25) is 0 Å². The molecule has 2 amide bonds. The Bertz CT molecular complexity index is 882. The van der Waals surface area contributed by atoms with Gasteiger partial charge in [-0.1, -0.05) is 12.1 Å². The molecule has 7 nitrogen and oxygen atoms in total. The lowest BCUT2D eigenvalue weighted by molar-refractivity contribution is -0.130. The first-order valence-corrected chi connectivity index (χ1v) is 9.47. The van der Waals surface area contributed by atoms with E-state index in [9.17, 15) is 9.59 Å². The summed E-state index contributed by atoms with van der Waals surface area (Å²) in [6, 6.07) is 7.83. The van der Waals surface area contributed by atoms with Gasteiger partial charge in [-0.3, -0.25) is 14.6 Å². The molecule has 0 radical (unpaired) electrons. The minimum atomic E-state index is -0.0928. The Balaban J connectivity index is 1.57. The number of aromatic nitrogens is 2. The van der Waals surface area contributed by atoms with Gasteiger partial charge < -0.3 is 14.5 Å². The van der Waals surface area contributed by atoms with Crippen molar-refractivity contribution in [3.05, 3.63) is 53.6 Å². The number of fused-ring (bicyclic) bond motifs is 1. The van der Waals surface area contributed by atoms with Crippen LogP contribution in [0.15, 0.2) is 36.7 Å². The largest absolute Gasteiger partial charge is 0.497 e. The summed E-state index contributed by atoms with van der Waals surface area (Å²) >= 11 is 0. The summed E-state index contributed by atoms with van der Waals surface area (Å²) in [5.41, 5.74) is 2.23. The zero-order valence-electron chi connectivity index (χ0n) is 16.3. The monoisotopic (exact) mass is 380 g/mol. The van der Waals surface area contributed by atoms with Gasteiger partial charge in [-0.2, -0.15) is 0 Å². The Morgan fingerprint density at radius 3 is 2.43 bits per heavy atom. The van der Waals surface area contributed by atoms with Crippen molar-refractivity contribution in [2.75, 3.05) is 26.7 Å². The molecule has 4 rings (SSSR count). The van der Waals surface area contributed by atoms with Crippen molar-refractivity contribution in [3.8, 4) is 5.75 Å². The van der Waals surface area contributed by atoms with E-state index in [1.807, 2.05) is 41.0 Å². The molecule has 0 spiro atoms. The molecule has 0 bridgehead atoms. The highest BCUT2D eigenvalue weighted by Gasteiger charge is 2.49. The van der Waals surface area contributed by atoms with Gasteiger partial charge in [-0.25, -0.2) is 4.98 Å². The maximum Gasteiger partial charge on any atom is 0.274 e. The molecule has 2 aliphatic rings. The highest BCUT2D eigenvalue weighted by molar-refractivity contribution is 5.92. The van der Waals surface area contributed by atoms with E-state index in [2.05, 4.69) is 9.97 Å². The summed E-state index contributed by atoms with van der Waals surface area (Å²) in [4.78, 5) is 37.3. The lowest BCUT2D eigenvalue weighted by Crippen LogP contribution is -2.36. The van der Waals surface area contributed by atoms with E-state index in [0.29, 0.717) is 25.3 Å². The Morgan fingerprint density at radius 2 is 1.82 bits per heavy atom. The summed E-state index contributed by atoms with van der Waals surface area (Å²) in [5, 5.41) is 0. The van der Waals surface area contributed by atoms with Gasteiger partial charge in [-0.15, -0.1) is 0 Å². The van der Waals surface area contributed by atoms with Crippen molar-refractivity contribution < 1.29 is 14.3 Å². The van der Waals surface area contributed by atoms with E-state index in [1.165, 1.54) is 6.20 Å². The van der Waals surface area contributed by atoms with Gasteiger partial charge in [0.05, 0.1) is 25.0 Å². The van der Waals surface area contributed by atoms with Crippen LogP contribution in [0.1, 0.15) is 34.7 Å². The van der Waals surface area contributed by atoms with Crippen molar-refractivity contribution >= 4 is 11.8 Å². The van der Waals surface area contributed by atoms with E-state index in [1.54, 1.807) is 20.2 Å². The average Bonchev–Trinajstić information content (AvgIpc) is 3.26. The molecular formula is C21H24N4O3. The number of amides is 2. The summed E-state index contributed by atoms with van der Waals surface area (Å²) in [6.07, 6.45) is 3.15. The third-order valence-electron chi connectivity index (χ3n) is 5.81. The van der Waals surface area contributed by atoms with E-state index >= 15 is 0 Å². The highest BCUT2D eigenvalue weighted by Crippen LogP contribution is 2.45. The van der Waals surface area contributed by atoms with Crippen LogP contribution in [0.3, 0.4) is 0 Å². The standard InChI is InChI=1S/C21H24N4O3/c1-13-8-23-19(9-22-13)21(27)24-10-16-11-25(14(2)26)20(18(16)12-24)15-4-6-17(28-3)7-5-15/h4-9,16,18,20H,10-12H2,1-3H3/t16-,18-,20+/m1/s1. The summed E-state index contributed by atoms with van der Waals surface area (Å²) < 4.78 is 5.25. The van der Waals surface area contributed by atoms with Crippen LogP contribution in [0.25, 0.3) is 0 Å². The SMILES string of the molecule is COc1ccc([C@H]2[C@@H]3CN(C(=O)c4cnc(C)cn4)C[C@@H]3CN2C(C)=O)cc1. The molecule has 3 atom stereocenters. The first kappa shape index (κ1) is 18.4. The van der Waals surface area contributed by atoms with Gasteiger partial charge in [0.25, 0.3) is 5.91 Å². The van der Waals surface area contributed by atoms with Crippen molar-refractivity contribution in [3.63, 3.8) is 0 Å². The maximum atomic E-state index is 12.9. The van der Waals surface area contributed by atoms with Crippen LogP contribution in [-0.2, 0) is 4.79 Å². The lowest BCUT2D eigenvalue weighted by Gasteiger charge is -2.29. The van der Waals surface area contributed by atoms with E-state index < -0.39 is 0 Å². The van der Waals surface area contributed by atoms with E-state index in [0.717, 1.165) is 17.0 Å². The summed E-state index contributed by atoms with van der Waals surface area (Å²) in [7, 11) is 1.64. The van der Waals surface area contributed by atoms with Crippen LogP contribution in [0.5, 0.6) is 5.75 Å². The first-order chi connectivity index (χ1) is 13.5. The first-order valence-electron chi connectivity index (χ1n) is 9.47. The van der Waals surface area contributed by atoms with Crippen molar-refractivity contribution in [1.82, 2.24) is 19.8 Å². The zero-order chi connectivity index (χ0) is 19.8. The number of ether oxygens (including phenoxy) is 1. The fraction of sp³-hybridized carbons (Fsp3) is 0.429. The predicted octanol–water partition coefficient (Wildman–Crippen LogP) is 2.09. The molecule has 2 aromatic rings. The van der Waals surface area contributed by atoms with Crippen LogP contribution in [0.4, 0.5) is 0 Å². The molecule has 2 saturated heterocycles. The third kappa shape index (κ3) is 3.21. The lowest BCUT2D eigenvalue weighted by atomic mass is 9.89. The zero-order valence-corrected chi connectivity index (χ0v) is 16.3. The number of methoxy groups -OCH3 is 1. The predicted molar refractivity (Wildman–Crippen MR) is 103 cm³/mol. The second-order valence-electron chi connectivity index (χ2n) is 7.57. The number of rotatable bonds is 3. The third-order valence-corrected chi connectivity index (χ3v) is 5.81. The number of likely N-dealkylation sites (tertiary alicyclic amines) is 2. The number of carbonyl (C=O) groups excluding carboxylic acids is 2. The Labute approximate surface area is 164 Å². The molecule has 0 aliphatic carbocycles. The molecule has 0 saturated carbocycles. The number of hydrogen-bond donors (Lipinski definition) is 0. The molecule has 7 heteroatoms. The fourth-order valence-electron chi connectivity index (χ4n) is 4.43. The molecule has 1 aromatic carbocycles. The Kier molecular flexibility index (Phi) is 4.75. The molecule has 2 aliphatic heterocycles. The summed E-state index contributed by atoms with van der Waals surface area (Å²) in [5.74, 6) is 1.23. The van der Waals surface area contributed by atoms with Crippen LogP contribution >= 0.6 is 0 Å². The molecule has 2 fully saturated rings. The van der Waals surface area contributed by atoms with Gasteiger partial charge in [0.2, 0.25) is 5.91 Å². The van der Waals surface area contributed by atoms with Gasteiger partial charge in [0.15, 0.2) is 0 Å². The molecule has 0 N–H and O–H groups in total. The summed E-state index contributed by atoms with van der Waals surface area (Å²) in [6.45, 7) is 5.37. The topological polar surface area (TPSA) is 75.6 Å². The molecule has 3 heterocycles. The number of hydrogen-bond acceptors (Lipinski definition) is 5. The Hall–Kier alpha value is -2.96. The number of nitrogens with zero attached hydrogens (tertiary/aromatic N) is 4. The van der Waals surface area contributed by atoms with E-state index in [4.69, 9.17) is 4.74 Å². The Morgan fingerprint density at radius 1 is 1.07 bits per heavy atom. The van der Waals surface area contributed by atoms with Gasteiger partial charge in [0.1, 0.15) is 11.4 Å².